The third-order valence-corrected chi connectivity index (χ3v) is 8.07. The van der Waals surface area contributed by atoms with Crippen molar-refractivity contribution >= 4 is 52.3 Å². The van der Waals surface area contributed by atoms with Gasteiger partial charge in [-0.25, -0.2) is 0 Å². The van der Waals surface area contributed by atoms with Gasteiger partial charge in [0.1, 0.15) is 10.8 Å². The standard InChI is InChI=1S/C21H28Cl4N2O4/c1-26(18(28)11-31-17-8-12(22)19(23)21(25)20(17)24)13-9-15(29-2)16(30-3)10-14(13)27-6-4-5-7-27/h8,13-16H,4-7,9-11H2,1-3H3/t13-,14-,15+,16-/m1/s1. The molecule has 0 bridgehead atoms. The molecule has 0 N–H and O–H groups in total. The van der Waals surface area contributed by atoms with E-state index in [2.05, 4.69) is 4.90 Å². The third kappa shape index (κ3) is 5.55. The number of likely N-dealkylation sites (N-methyl/N-ethyl adjacent to an activating group) is 1. The van der Waals surface area contributed by atoms with Crippen LogP contribution in [0.25, 0.3) is 0 Å². The van der Waals surface area contributed by atoms with Crippen LogP contribution in [0.3, 0.4) is 0 Å². The number of halogens is 4. The van der Waals surface area contributed by atoms with Gasteiger partial charge in [-0.3, -0.25) is 9.69 Å². The highest BCUT2D eigenvalue weighted by molar-refractivity contribution is 6.52. The number of benzene rings is 1. The summed E-state index contributed by atoms with van der Waals surface area (Å²) in [5.41, 5.74) is 0. The molecule has 1 saturated heterocycles. The summed E-state index contributed by atoms with van der Waals surface area (Å²) in [7, 11) is 5.21. The topological polar surface area (TPSA) is 51.2 Å². The van der Waals surface area contributed by atoms with Crippen LogP contribution in [0.5, 0.6) is 5.75 Å². The number of carbonyl (C=O) groups excluding carboxylic acids is 1. The largest absolute Gasteiger partial charge is 0.482 e. The highest BCUT2D eigenvalue weighted by Crippen LogP contribution is 2.42. The van der Waals surface area contributed by atoms with Crippen LogP contribution < -0.4 is 4.74 Å². The molecular weight excluding hydrogens is 486 g/mol. The highest BCUT2D eigenvalue weighted by atomic mass is 35.5. The number of hydrogen-bond acceptors (Lipinski definition) is 5. The maximum atomic E-state index is 13.0. The molecule has 1 aliphatic heterocycles. The number of hydrogen-bond donors (Lipinski definition) is 0. The molecule has 1 aromatic rings. The van der Waals surface area contributed by atoms with E-state index in [1.165, 1.54) is 18.9 Å². The van der Waals surface area contributed by atoms with Crippen molar-refractivity contribution in [2.75, 3.05) is 41.0 Å². The first kappa shape index (κ1) is 25.2. The van der Waals surface area contributed by atoms with Crippen molar-refractivity contribution in [3.05, 3.63) is 26.2 Å². The van der Waals surface area contributed by atoms with Gasteiger partial charge in [-0.1, -0.05) is 46.4 Å². The molecule has 6 nitrogen and oxygen atoms in total. The third-order valence-electron chi connectivity index (χ3n) is 6.33. The Bertz CT molecular complexity index is 791. The Morgan fingerprint density at radius 1 is 1.03 bits per heavy atom. The van der Waals surface area contributed by atoms with Crippen molar-refractivity contribution in [1.29, 1.82) is 0 Å². The molecule has 1 heterocycles. The van der Waals surface area contributed by atoms with E-state index in [4.69, 9.17) is 60.6 Å². The second kappa shape index (κ2) is 11.1. The number of ether oxygens (including phenoxy) is 3. The first-order chi connectivity index (χ1) is 14.8. The lowest BCUT2D eigenvalue weighted by atomic mass is 9.84. The normalized spacial score (nSPS) is 26.8. The Morgan fingerprint density at radius 3 is 2.26 bits per heavy atom. The summed E-state index contributed by atoms with van der Waals surface area (Å²) in [6.07, 6.45) is 3.78. The monoisotopic (exact) mass is 512 g/mol. The molecule has 2 fully saturated rings. The Balaban J connectivity index is 1.72. The number of carbonyl (C=O) groups is 1. The van der Waals surface area contributed by atoms with E-state index in [1.807, 2.05) is 7.05 Å². The van der Waals surface area contributed by atoms with Gasteiger partial charge in [-0.2, -0.15) is 0 Å². The quantitative estimate of drug-likeness (QED) is 0.387. The second-order valence-corrected chi connectivity index (χ2v) is 9.53. The summed E-state index contributed by atoms with van der Waals surface area (Å²) in [6, 6.07) is 1.65. The number of nitrogens with zero attached hydrogens (tertiary/aromatic N) is 2. The molecule has 4 atom stereocenters. The van der Waals surface area contributed by atoms with E-state index in [-0.39, 0.29) is 62.6 Å². The molecule has 1 saturated carbocycles. The Kier molecular flexibility index (Phi) is 9.01. The van der Waals surface area contributed by atoms with Crippen molar-refractivity contribution in [3.63, 3.8) is 0 Å². The summed E-state index contributed by atoms with van der Waals surface area (Å²) in [6.45, 7) is 1.87. The van der Waals surface area contributed by atoms with Gasteiger partial charge in [-0.15, -0.1) is 0 Å². The Labute approximate surface area is 203 Å². The molecule has 3 rings (SSSR count). The van der Waals surface area contributed by atoms with E-state index in [0.29, 0.717) is 6.42 Å². The first-order valence-electron chi connectivity index (χ1n) is 10.3. The highest BCUT2D eigenvalue weighted by Gasteiger charge is 2.43. The molecule has 174 valence electrons. The number of likely N-dealkylation sites (tertiary alicyclic amines) is 1. The molecular formula is C21H28Cl4N2O4. The van der Waals surface area contributed by atoms with E-state index < -0.39 is 0 Å². The van der Waals surface area contributed by atoms with Gasteiger partial charge in [0, 0.05) is 39.4 Å². The average molecular weight is 514 g/mol. The van der Waals surface area contributed by atoms with Gasteiger partial charge >= 0.3 is 0 Å². The fourth-order valence-corrected chi connectivity index (χ4v) is 5.39. The first-order valence-corrected chi connectivity index (χ1v) is 11.8. The smallest absolute Gasteiger partial charge is 0.260 e. The van der Waals surface area contributed by atoms with Crippen LogP contribution in [0.2, 0.25) is 20.1 Å². The zero-order valence-corrected chi connectivity index (χ0v) is 20.9. The van der Waals surface area contributed by atoms with Gasteiger partial charge in [0.05, 0.1) is 27.3 Å². The van der Waals surface area contributed by atoms with Gasteiger partial charge in [0.2, 0.25) is 0 Å². The predicted molar refractivity (Wildman–Crippen MR) is 124 cm³/mol. The molecule has 2 aliphatic rings. The molecule has 31 heavy (non-hydrogen) atoms. The zero-order chi connectivity index (χ0) is 22.7. The SMILES string of the molecule is CO[C@H]1C[C@@H](N(C)C(=O)COc2cc(Cl)c(Cl)c(Cl)c2Cl)[C@H](N2CCCC2)C[C@H]1OC. The van der Waals surface area contributed by atoms with E-state index in [1.54, 1.807) is 19.1 Å². The lowest BCUT2D eigenvalue weighted by molar-refractivity contribution is -0.142. The minimum absolute atomic E-state index is 0.00348. The summed E-state index contributed by atoms with van der Waals surface area (Å²) in [4.78, 5) is 17.3. The van der Waals surface area contributed by atoms with Gasteiger partial charge < -0.3 is 19.1 Å². The van der Waals surface area contributed by atoms with Crippen molar-refractivity contribution in [2.24, 2.45) is 0 Å². The van der Waals surface area contributed by atoms with Crippen LogP contribution in [0.15, 0.2) is 6.07 Å². The Morgan fingerprint density at radius 2 is 1.65 bits per heavy atom. The van der Waals surface area contributed by atoms with Gasteiger partial charge in [-0.05, 0) is 38.8 Å². The van der Waals surface area contributed by atoms with Crippen molar-refractivity contribution < 1.29 is 19.0 Å². The van der Waals surface area contributed by atoms with Crippen LogP contribution in [0.1, 0.15) is 25.7 Å². The molecule has 0 aromatic heterocycles. The fraction of sp³-hybridized carbons (Fsp3) is 0.667. The lowest BCUT2D eigenvalue weighted by Gasteiger charge is -2.47. The van der Waals surface area contributed by atoms with E-state index in [0.717, 1.165) is 19.5 Å². The molecule has 1 aromatic carbocycles. The predicted octanol–water partition coefficient (Wildman–Crippen LogP) is 4.79. The summed E-state index contributed by atoms with van der Waals surface area (Å²) in [5.74, 6) is 0.0509. The van der Waals surface area contributed by atoms with Crippen LogP contribution in [-0.4, -0.2) is 81.0 Å². The summed E-state index contributed by atoms with van der Waals surface area (Å²) >= 11 is 24.3. The van der Waals surface area contributed by atoms with Crippen LogP contribution in [0, 0.1) is 0 Å². The van der Waals surface area contributed by atoms with Crippen molar-refractivity contribution in [3.8, 4) is 5.75 Å². The maximum absolute atomic E-state index is 13.0. The fourth-order valence-electron chi connectivity index (χ4n) is 4.55. The number of rotatable bonds is 7. The maximum Gasteiger partial charge on any atom is 0.260 e. The molecule has 0 spiro atoms. The minimum atomic E-state index is -0.195. The number of amides is 1. The van der Waals surface area contributed by atoms with Gasteiger partial charge in [0.15, 0.2) is 6.61 Å². The van der Waals surface area contributed by atoms with Crippen molar-refractivity contribution in [1.82, 2.24) is 9.80 Å². The van der Waals surface area contributed by atoms with E-state index >= 15 is 0 Å². The molecule has 1 aliphatic carbocycles. The van der Waals surface area contributed by atoms with E-state index in [9.17, 15) is 4.79 Å². The van der Waals surface area contributed by atoms with Crippen LogP contribution in [-0.2, 0) is 14.3 Å². The van der Waals surface area contributed by atoms with Gasteiger partial charge in [0.25, 0.3) is 5.91 Å². The second-order valence-electron chi connectivity index (χ2n) is 7.99. The minimum Gasteiger partial charge on any atom is -0.482 e. The molecule has 10 heteroatoms. The molecule has 0 radical (unpaired) electrons. The Hall–Kier alpha value is -0.470. The molecule has 0 unspecified atom stereocenters. The summed E-state index contributed by atoms with van der Waals surface area (Å²) < 4.78 is 17.0. The van der Waals surface area contributed by atoms with Crippen molar-refractivity contribution in [2.45, 2.75) is 50.0 Å². The molecule has 1 amide bonds. The van der Waals surface area contributed by atoms with Crippen LogP contribution in [0.4, 0.5) is 0 Å². The lowest BCUT2D eigenvalue weighted by Crippen LogP contribution is -2.59. The summed E-state index contributed by atoms with van der Waals surface area (Å²) in [5, 5.41) is 0.586. The number of methoxy groups -OCH3 is 2. The van der Waals surface area contributed by atoms with Crippen LogP contribution >= 0.6 is 46.4 Å². The zero-order valence-electron chi connectivity index (χ0n) is 17.9. The average Bonchev–Trinajstić information content (AvgIpc) is 3.32.